The van der Waals surface area contributed by atoms with E-state index in [0.29, 0.717) is 0 Å². The average Bonchev–Trinajstić information content (AvgIpc) is 2.58. The zero-order valence-corrected chi connectivity index (χ0v) is 15.2. The maximum atomic E-state index is 3.61. The lowest BCUT2D eigenvalue weighted by molar-refractivity contribution is 0.425. The van der Waals surface area contributed by atoms with Crippen molar-refractivity contribution in [2.24, 2.45) is 0 Å². The van der Waals surface area contributed by atoms with E-state index in [0.717, 1.165) is 10.9 Å². The monoisotopic (exact) mass is 392 g/mol. The van der Waals surface area contributed by atoms with Crippen molar-refractivity contribution in [3.8, 4) is 0 Å². The molecule has 1 unspecified atom stereocenters. The maximum Gasteiger partial charge on any atom is 0.0185 e. The van der Waals surface area contributed by atoms with Crippen LogP contribution in [0.25, 0.3) is 0 Å². The number of hydrogen-bond acceptors (Lipinski definition) is 0. The Kier molecular flexibility index (Phi) is 3.38. The van der Waals surface area contributed by atoms with Crippen molar-refractivity contribution in [2.75, 3.05) is 0 Å². The van der Waals surface area contributed by atoms with Crippen LogP contribution in [-0.4, -0.2) is 0 Å². The average molecular weight is 394 g/mol. The molecule has 20 heavy (non-hydrogen) atoms. The number of hydrogen-bond donors (Lipinski definition) is 0. The molecule has 104 valence electrons. The second-order valence-electron chi connectivity index (χ2n) is 6.59. The Morgan fingerprint density at radius 1 is 0.800 bits per heavy atom. The number of rotatable bonds is 1. The Balaban J connectivity index is 2.20. The topological polar surface area (TPSA) is 0 Å². The molecular weight excluding hydrogens is 376 g/mol. The quantitative estimate of drug-likeness (QED) is 0.541. The van der Waals surface area contributed by atoms with Gasteiger partial charge in [-0.05, 0) is 52.8 Å². The fourth-order valence-corrected chi connectivity index (χ4v) is 4.33. The minimum Gasteiger partial charge on any atom is -0.0570 e. The second-order valence-corrected chi connectivity index (χ2v) is 8.42. The minimum absolute atomic E-state index is 0.0975. The van der Waals surface area contributed by atoms with E-state index < -0.39 is 0 Å². The van der Waals surface area contributed by atoms with Crippen molar-refractivity contribution in [3.63, 3.8) is 0 Å². The summed E-state index contributed by atoms with van der Waals surface area (Å²) >= 11 is 7.14. The highest BCUT2D eigenvalue weighted by Gasteiger charge is 2.45. The van der Waals surface area contributed by atoms with E-state index in [2.05, 4.69) is 95.1 Å². The summed E-state index contributed by atoms with van der Waals surface area (Å²) in [4.78, 5) is 0. The Bertz CT molecular complexity index is 656. The van der Waals surface area contributed by atoms with Crippen LogP contribution >= 0.6 is 31.9 Å². The number of halogens is 2. The molecule has 0 heterocycles. The third-order valence-electron chi connectivity index (χ3n) is 4.58. The maximum absolute atomic E-state index is 3.61. The van der Waals surface area contributed by atoms with Crippen LogP contribution in [0.5, 0.6) is 0 Å². The van der Waals surface area contributed by atoms with E-state index in [9.17, 15) is 0 Å². The molecule has 1 aliphatic carbocycles. The van der Waals surface area contributed by atoms with Crippen LogP contribution < -0.4 is 0 Å². The molecule has 2 aromatic carbocycles. The van der Waals surface area contributed by atoms with Gasteiger partial charge in [-0.3, -0.25) is 0 Å². The molecule has 0 fully saturated rings. The Hall–Kier alpha value is -0.600. The first-order valence-corrected chi connectivity index (χ1v) is 8.48. The van der Waals surface area contributed by atoms with Crippen molar-refractivity contribution < 1.29 is 0 Å². The van der Waals surface area contributed by atoms with Crippen molar-refractivity contribution in [3.05, 3.63) is 68.1 Å². The van der Waals surface area contributed by atoms with Crippen molar-refractivity contribution in [2.45, 2.75) is 38.0 Å². The molecule has 0 radical (unpaired) electrons. The van der Waals surface area contributed by atoms with Gasteiger partial charge in [0.15, 0.2) is 0 Å². The van der Waals surface area contributed by atoms with Crippen LogP contribution in [0.3, 0.4) is 0 Å². The molecular formula is C18H18Br2. The molecule has 2 aromatic rings. The molecule has 0 spiro atoms. The van der Waals surface area contributed by atoms with Crippen molar-refractivity contribution in [1.82, 2.24) is 0 Å². The smallest absolute Gasteiger partial charge is 0.0185 e. The molecule has 0 aliphatic heterocycles. The van der Waals surface area contributed by atoms with Crippen molar-refractivity contribution in [1.29, 1.82) is 0 Å². The molecule has 1 aliphatic rings. The van der Waals surface area contributed by atoms with Gasteiger partial charge < -0.3 is 0 Å². The van der Waals surface area contributed by atoms with E-state index >= 15 is 0 Å². The van der Waals surface area contributed by atoms with Gasteiger partial charge in [-0.2, -0.15) is 0 Å². The lowest BCUT2D eigenvalue weighted by Crippen LogP contribution is -2.23. The van der Waals surface area contributed by atoms with E-state index in [1.807, 2.05) is 0 Å². The summed E-state index contributed by atoms with van der Waals surface area (Å²) in [5, 5.41) is 0. The van der Waals surface area contributed by atoms with Crippen LogP contribution in [0, 0.1) is 0 Å². The third kappa shape index (κ3) is 2.17. The van der Waals surface area contributed by atoms with E-state index in [4.69, 9.17) is 0 Å². The minimum atomic E-state index is 0.0975. The van der Waals surface area contributed by atoms with Gasteiger partial charge >= 0.3 is 0 Å². The molecule has 1 atom stereocenters. The lowest BCUT2D eigenvalue weighted by Gasteiger charge is -2.28. The highest BCUT2D eigenvalue weighted by atomic mass is 79.9. The summed E-state index contributed by atoms with van der Waals surface area (Å²) < 4.78 is 2.31. The fourth-order valence-electron chi connectivity index (χ4n) is 3.71. The summed E-state index contributed by atoms with van der Waals surface area (Å²) in [7, 11) is 0. The molecule has 0 amide bonds. The first-order valence-electron chi connectivity index (χ1n) is 6.89. The summed E-state index contributed by atoms with van der Waals surface area (Å²) in [6.07, 6.45) is 1.15. The van der Waals surface area contributed by atoms with Gasteiger partial charge in [-0.1, -0.05) is 70.8 Å². The van der Waals surface area contributed by atoms with Gasteiger partial charge in [0.1, 0.15) is 0 Å². The van der Waals surface area contributed by atoms with E-state index in [1.54, 1.807) is 0 Å². The fraction of sp³-hybridized carbons (Fsp3) is 0.333. The third-order valence-corrected chi connectivity index (χ3v) is 5.60. The zero-order valence-electron chi connectivity index (χ0n) is 12.0. The highest BCUT2D eigenvalue weighted by Crippen LogP contribution is 2.53. The molecule has 2 heteroatoms. The predicted molar refractivity (Wildman–Crippen MR) is 92.4 cm³/mol. The van der Waals surface area contributed by atoms with Crippen LogP contribution in [0.4, 0.5) is 0 Å². The Morgan fingerprint density at radius 3 is 2.05 bits per heavy atom. The molecule has 0 N–H and O–H groups in total. The molecule has 3 rings (SSSR count). The number of benzene rings is 2. The van der Waals surface area contributed by atoms with Crippen LogP contribution in [0.2, 0.25) is 0 Å². The first kappa shape index (κ1) is 14.3. The van der Waals surface area contributed by atoms with Crippen LogP contribution in [0.15, 0.2) is 51.4 Å². The summed E-state index contributed by atoms with van der Waals surface area (Å²) in [5.74, 6) is 0. The van der Waals surface area contributed by atoms with Gasteiger partial charge in [0, 0.05) is 14.4 Å². The van der Waals surface area contributed by atoms with Gasteiger partial charge in [0.25, 0.3) is 0 Å². The standard InChI is InChI=1S/C18H18Br2/c1-17(2)11-18(3,12-4-6-13(19)7-5-12)15-9-8-14(20)10-16(15)17/h4-10H,11H2,1-3H3. The number of fused-ring (bicyclic) bond motifs is 1. The van der Waals surface area contributed by atoms with Gasteiger partial charge in [-0.15, -0.1) is 0 Å². The second kappa shape index (κ2) is 4.71. The van der Waals surface area contributed by atoms with Gasteiger partial charge in [0.05, 0.1) is 0 Å². The molecule has 0 saturated carbocycles. The summed E-state index contributed by atoms with van der Waals surface area (Å²) in [5.41, 5.74) is 4.64. The van der Waals surface area contributed by atoms with Gasteiger partial charge in [-0.25, -0.2) is 0 Å². The largest absolute Gasteiger partial charge is 0.0570 e. The van der Waals surface area contributed by atoms with E-state index in [-0.39, 0.29) is 10.8 Å². The molecule has 0 aromatic heterocycles. The zero-order chi connectivity index (χ0) is 14.5. The predicted octanol–water partition coefficient (Wildman–Crippen LogP) is 6.20. The summed E-state index contributed by atoms with van der Waals surface area (Å²) in [6, 6.07) is 15.5. The lowest BCUT2D eigenvalue weighted by atomic mass is 9.75. The van der Waals surface area contributed by atoms with Crippen molar-refractivity contribution >= 4 is 31.9 Å². The van der Waals surface area contributed by atoms with Crippen LogP contribution in [0.1, 0.15) is 43.9 Å². The van der Waals surface area contributed by atoms with Gasteiger partial charge in [0.2, 0.25) is 0 Å². The van der Waals surface area contributed by atoms with E-state index in [1.165, 1.54) is 21.2 Å². The normalized spacial score (nSPS) is 23.6. The Morgan fingerprint density at radius 2 is 1.40 bits per heavy atom. The molecule has 0 nitrogen and oxygen atoms in total. The molecule has 0 saturated heterocycles. The summed E-state index contributed by atoms with van der Waals surface area (Å²) in [6.45, 7) is 7.07. The van der Waals surface area contributed by atoms with Crippen LogP contribution in [-0.2, 0) is 10.8 Å². The highest BCUT2D eigenvalue weighted by molar-refractivity contribution is 9.10. The molecule has 0 bridgehead atoms. The SMILES string of the molecule is CC1(C)CC(C)(c2ccc(Br)cc2)c2ccc(Br)cc21. The Labute approximate surface area is 137 Å². The first-order chi connectivity index (χ1) is 9.33.